The highest BCUT2D eigenvalue weighted by molar-refractivity contribution is 9.10. The first-order valence-corrected chi connectivity index (χ1v) is 5.06. The third-order valence-electron chi connectivity index (χ3n) is 1.98. The minimum Gasteiger partial charge on any atom is -0.362 e. The Kier molecular flexibility index (Phi) is 3.75. The first-order valence-electron chi connectivity index (χ1n) is 4.27. The highest BCUT2D eigenvalue weighted by Gasteiger charge is 2.03. The average molecular weight is 243 g/mol. The van der Waals surface area contributed by atoms with Crippen molar-refractivity contribution in [1.29, 1.82) is 0 Å². The van der Waals surface area contributed by atoms with Crippen molar-refractivity contribution in [3.63, 3.8) is 0 Å². The van der Waals surface area contributed by atoms with Crippen molar-refractivity contribution in [2.75, 3.05) is 25.7 Å². The number of benzene rings is 1. The van der Waals surface area contributed by atoms with Crippen LogP contribution < -0.4 is 10.2 Å². The van der Waals surface area contributed by atoms with Gasteiger partial charge >= 0.3 is 0 Å². The van der Waals surface area contributed by atoms with E-state index >= 15 is 0 Å². The molecule has 2 nitrogen and oxygen atoms in total. The lowest BCUT2D eigenvalue weighted by atomic mass is 10.2. The quantitative estimate of drug-likeness (QED) is 0.820. The van der Waals surface area contributed by atoms with Crippen molar-refractivity contribution in [2.45, 2.75) is 6.92 Å². The molecular weight excluding hydrogens is 228 g/mol. The van der Waals surface area contributed by atoms with Crippen molar-refractivity contribution in [3.05, 3.63) is 28.2 Å². The summed E-state index contributed by atoms with van der Waals surface area (Å²) in [6.07, 6.45) is 0. The predicted octanol–water partition coefficient (Wildman–Crippen LogP) is 2.37. The number of hydrogen-bond acceptors (Lipinski definition) is 2. The van der Waals surface area contributed by atoms with E-state index in [0.717, 1.165) is 11.1 Å². The Hall–Kier alpha value is -0.540. The van der Waals surface area contributed by atoms with Crippen LogP contribution in [0.1, 0.15) is 5.56 Å². The molecule has 1 N–H and O–H groups in total. The summed E-state index contributed by atoms with van der Waals surface area (Å²) in [5.74, 6) is 0. The summed E-state index contributed by atoms with van der Waals surface area (Å²) in [4.78, 5) is 2.18. The van der Waals surface area contributed by atoms with Crippen LogP contribution in [0.15, 0.2) is 22.7 Å². The maximum Gasteiger partial charge on any atom is 0.0676 e. The van der Waals surface area contributed by atoms with Gasteiger partial charge in [-0.1, -0.05) is 22.0 Å². The van der Waals surface area contributed by atoms with E-state index in [1.165, 1.54) is 11.3 Å². The van der Waals surface area contributed by atoms with Gasteiger partial charge in [0.1, 0.15) is 0 Å². The van der Waals surface area contributed by atoms with Crippen molar-refractivity contribution in [3.8, 4) is 0 Å². The number of rotatable bonds is 3. The van der Waals surface area contributed by atoms with Crippen molar-refractivity contribution >= 4 is 21.6 Å². The zero-order valence-corrected chi connectivity index (χ0v) is 9.85. The molecule has 0 atom stereocenters. The molecule has 0 amide bonds. The number of halogens is 1. The Balaban J connectivity index is 2.91. The summed E-state index contributed by atoms with van der Waals surface area (Å²) in [5.41, 5.74) is 2.55. The summed E-state index contributed by atoms with van der Waals surface area (Å²) in [6.45, 7) is 2.98. The smallest absolute Gasteiger partial charge is 0.0676 e. The zero-order valence-electron chi connectivity index (χ0n) is 8.26. The van der Waals surface area contributed by atoms with Gasteiger partial charge in [0.25, 0.3) is 0 Å². The summed E-state index contributed by atoms with van der Waals surface area (Å²) in [7, 11) is 4.02. The first-order chi connectivity index (χ1) is 6.15. The maximum atomic E-state index is 3.47. The molecule has 0 bridgehead atoms. The second-order valence-electron chi connectivity index (χ2n) is 3.14. The molecule has 0 aromatic heterocycles. The molecular formula is C10H15BrN2. The fourth-order valence-electron chi connectivity index (χ4n) is 1.32. The Morgan fingerprint density at radius 2 is 2.15 bits per heavy atom. The Morgan fingerprint density at radius 1 is 1.46 bits per heavy atom. The lowest BCUT2D eigenvalue weighted by molar-refractivity contribution is 0.774. The molecule has 0 heterocycles. The van der Waals surface area contributed by atoms with Gasteiger partial charge in [-0.15, -0.1) is 0 Å². The van der Waals surface area contributed by atoms with Crippen LogP contribution in [0.25, 0.3) is 0 Å². The van der Waals surface area contributed by atoms with Gasteiger partial charge in [0, 0.05) is 17.2 Å². The maximum absolute atomic E-state index is 3.47. The van der Waals surface area contributed by atoms with E-state index in [1.54, 1.807) is 0 Å². The summed E-state index contributed by atoms with van der Waals surface area (Å²) in [6, 6.07) is 6.31. The number of nitrogens with one attached hydrogen (secondary N) is 1. The van der Waals surface area contributed by atoms with Gasteiger partial charge in [0.2, 0.25) is 0 Å². The van der Waals surface area contributed by atoms with Crippen LogP contribution in [0.3, 0.4) is 0 Å². The second-order valence-corrected chi connectivity index (χ2v) is 4.06. The minimum absolute atomic E-state index is 0.858. The topological polar surface area (TPSA) is 15.3 Å². The van der Waals surface area contributed by atoms with E-state index in [1.807, 2.05) is 7.05 Å². The van der Waals surface area contributed by atoms with Gasteiger partial charge in [0.15, 0.2) is 0 Å². The van der Waals surface area contributed by atoms with Gasteiger partial charge in [0.05, 0.1) is 6.67 Å². The number of nitrogens with zero attached hydrogens (tertiary/aromatic N) is 1. The molecule has 0 saturated carbocycles. The Labute approximate surface area is 88.1 Å². The fourth-order valence-corrected chi connectivity index (χ4v) is 1.67. The lowest BCUT2D eigenvalue weighted by Crippen LogP contribution is -2.28. The molecule has 1 rings (SSSR count). The zero-order chi connectivity index (χ0) is 9.84. The van der Waals surface area contributed by atoms with Crippen LogP contribution in [0.2, 0.25) is 0 Å². The molecule has 0 unspecified atom stereocenters. The third-order valence-corrected chi connectivity index (χ3v) is 2.47. The van der Waals surface area contributed by atoms with Crippen LogP contribution in [0.5, 0.6) is 0 Å². The molecule has 0 aliphatic heterocycles. The number of hydrogen-bond donors (Lipinski definition) is 1. The van der Waals surface area contributed by atoms with Crippen LogP contribution in [0.4, 0.5) is 5.69 Å². The SMILES string of the molecule is CNCN(C)c1cc(Br)ccc1C. The Morgan fingerprint density at radius 3 is 2.77 bits per heavy atom. The Bertz CT molecular complexity index is 286. The molecule has 3 heteroatoms. The van der Waals surface area contributed by atoms with Gasteiger partial charge < -0.3 is 10.2 Å². The first kappa shape index (κ1) is 10.5. The molecule has 1 aromatic carbocycles. The second kappa shape index (κ2) is 4.63. The molecule has 72 valence electrons. The van der Waals surface area contributed by atoms with Crippen molar-refractivity contribution < 1.29 is 0 Å². The normalized spacial score (nSPS) is 10.2. The van der Waals surface area contributed by atoms with Crippen molar-refractivity contribution in [1.82, 2.24) is 5.32 Å². The van der Waals surface area contributed by atoms with Gasteiger partial charge in [-0.05, 0) is 31.7 Å². The molecule has 0 aliphatic rings. The van der Waals surface area contributed by atoms with E-state index in [9.17, 15) is 0 Å². The van der Waals surface area contributed by atoms with Gasteiger partial charge in [-0.2, -0.15) is 0 Å². The minimum atomic E-state index is 0.858. The van der Waals surface area contributed by atoms with E-state index in [-0.39, 0.29) is 0 Å². The van der Waals surface area contributed by atoms with Crippen LogP contribution in [0, 0.1) is 6.92 Å². The van der Waals surface area contributed by atoms with Gasteiger partial charge in [-0.3, -0.25) is 0 Å². The largest absolute Gasteiger partial charge is 0.362 e. The fraction of sp³-hybridized carbons (Fsp3) is 0.400. The van der Waals surface area contributed by atoms with Gasteiger partial charge in [-0.25, -0.2) is 0 Å². The standard InChI is InChI=1S/C10H15BrN2/c1-8-4-5-9(11)6-10(8)13(3)7-12-2/h4-6,12H,7H2,1-3H3. The van der Waals surface area contributed by atoms with Crippen LogP contribution in [-0.2, 0) is 0 Å². The van der Waals surface area contributed by atoms with E-state index in [2.05, 4.69) is 58.3 Å². The monoisotopic (exact) mass is 242 g/mol. The lowest BCUT2D eigenvalue weighted by Gasteiger charge is -2.21. The predicted molar refractivity (Wildman–Crippen MR) is 61.2 cm³/mol. The third kappa shape index (κ3) is 2.71. The number of aryl methyl sites for hydroxylation is 1. The number of anilines is 1. The molecule has 0 saturated heterocycles. The molecule has 0 aliphatic carbocycles. The molecule has 13 heavy (non-hydrogen) atoms. The average Bonchev–Trinajstić information content (AvgIpc) is 2.09. The molecule has 0 radical (unpaired) electrons. The van der Waals surface area contributed by atoms with E-state index in [4.69, 9.17) is 0 Å². The van der Waals surface area contributed by atoms with Crippen LogP contribution >= 0.6 is 15.9 Å². The highest BCUT2D eigenvalue weighted by atomic mass is 79.9. The van der Waals surface area contributed by atoms with E-state index < -0.39 is 0 Å². The molecule has 1 aromatic rings. The summed E-state index contributed by atoms with van der Waals surface area (Å²) < 4.78 is 1.12. The summed E-state index contributed by atoms with van der Waals surface area (Å²) >= 11 is 3.47. The highest BCUT2D eigenvalue weighted by Crippen LogP contribution is 2.22. The summed E-state index contributed by atoms with van der Waals surface area (Å²) in [5, 5.41) is 3.12. The molecule has 0 fully saturated rings. The van der Waals surface area contributed by atoms with Crippen LogP contribution in [-0.4, -0.2) is 20.8 Å². The van der Waals surface area contributed by atoms with E-state index in [0.29, 0.717) is 0 Å². The molecule has 0 spiro atoms. The van der Waals surface area contributed by atoms with Crippen molar-refractivity contribution in [2.24, 2.45) is 0 Å².